The lowest BCUT2D eigenvalue weighted by Gasteiger charge is -2.11. The number of nitrogens with one attached hydrogen (secondary N) is 1. The number of imidazole rings is 1. The van der Waals surface area contributed by atoms with E-state index < -0.39 is 17.4 Å². The van der Waals surface area contributed by atoms with E-state index in [1.54, 1.807) is 31.3 Å². The number of aromatic nitrogens is 3. The molecule has 0 aliphatic heterocycles. The number of benzene rings is 1. The minimum absolute atomic E-state index is 0.0620. The molecule has 0 unspecified atom stereocenters. The zero-order valence-corrected chi connectivity index (χ0v) is 15.9. The second-order valence-electron chi connectivity index (χ2n) is 7.77. The van der Waals surface area contributed by atoms with Gasteiger partial charge >= 0.3 is 11.8 Å². The summed E-state index contributed by atoms with van der Waals surface area (Å²) in [7, 11) is 1.57. The van der Waals surface area contributed by atoms with Gasteiger partial charge in [-0.3, -0.25) is 9.13 Å². The van der Waals surface area contributed by atoms with Crippen LogP contribution in [0.25, 0.3) is 22.4 Å². The Morgan fingerprint density at radius 2 is 2.03 bits per heavy atom. The second kappa shape index (κ2) is 6.40. The summed E-state index contributed by atoms with van der Waals surface area (Å²) in [5.41, 5.74) is 1.45. The summed E-state index contributed by atoms with van der Waals surface area (Å²) in [6, 6.07) is 10.7. The van der Waals surface area contributed by atoms with Crippen molar-refractivity contribution < 1.29 is 18.7 Å². The first-order valence-corrected chi connectivity index (χ1v) is 9.11. The quantitative estimate of drug-likeness (QED) is 0.686. The van der Waals surface area contributed by atoms with Gasteiger partial charge in [0, 0.05) is 32.1 Å². The van der Waals surface area contributed by atoms with Crippen LogP contribution in [0.2, 0.25) is 0 Å². The minimum atomic E-state index is -2.76. The Bertz CT molecular complexity index is 1180. The maximum absolute atomic E-state index is 13.7. The average molecular weight is 402 g/mol. The summed E-state index contributed by atoms with van der Waals surface area (Å²) in [5, 5.41) is 11.1. The Labute approximate surface area is 164 Å². The summed E-state index contributed by atoms with van der Waals surface area (Å²) < 4.78 is 30.0. The van der Waals surface area contributed by atoms with Gasteiger partial charge in [0.15, 0.2) is 5.65 Å². The van der Waals surface area contributed by atoms with Gasteiger partial charge in [-0.15, -0.1) is 0 Å². The number of halogens is 2. The number of nitrogens with zero attached hydrogens (tertiary/aromatic N) is 3. The van der Waals surface area contributed by atoms with Gasteiger partial charge < -0.3 is 10.4 Å². The monoisotopic (exact) mass is 402 g/mol. The van der Waals surface area contributed by atoms with Gasteiger partial charge in [0.05, 0.1) is 16.6 Å². The number of hydrogen-bond acceptors (Lipinski definition) is 3. The predicted octanol–water partition coefficient (Wildman–Crippen LogP) is 3.21. The molecule has 1 aliphatic rings. The van der Waals surface area contributed by atoms with Crippen molar-refractivity contribution in [1.82, 2.24) is 19.4 Å². The Balaban J connectivity index is 1.71. The fourth-order valence-corrected chi connectivity index (χ4v) is 3.57. The first kappa shape index (κ1) is 19.1. The number of hydrogen-bond donors (Lipinski definition) is 2. The van der Waals surface area contributed by atoms with Crippen LogP contribution in [0, 0.1) is 5.41 Å². The number of alkyl halides is 2. The van der Waals surface area contributed by atoms with E-state index in [9.17, 15) is 18.4 Å². The third-order valence-electron chi connectivity index (χ3n) is 5.52. The molecule has 1 amide bonds. The van der Waals surface area contributed by atoms with Gasteiger partial charge in [0.25, 0.3) is 5.92 Å². The number of aryl methyl sites for hydroxylation is 1. The average Bonchev–Trinajstić information content (AvgIpc) is 3.10. The molecule has 2 N–H and O–H groups in total. The van der Waals surface area contributed by atoms with Crippen molar-refractivity contribution in [2.45, 2.75) is 32.4 Å². The molecule has 1 aromatic carbocycles. The molecule has 1 aliphatic carbocycles. The van der Waals surface area contributed by atoms with E-state index in [4.69, 9.17) is 5.11 Å². The first-order valence-electron chi connectivity index (χ1n) is 9.11. The van der Waals surface area contributed by atoms with Crippen molar-refractivity contribution in [1.29, 1.82) is 0 Å². The maximum atomic E-state index is 13.7. The number of amides is 1. The van der Waals surface area contributed by atoms with Crippen LogP contribution < -0.4 is 11.0 Å². The highest BCUT2D eigenvalue weighted by Gasteiger charge is 2.68. The number of fused-ring (bicyclic) bond motifs is 1. The lowest BCUT2D eigenvalue weighted by atomic mass is 10.1. The molecule has 0 spiro atoms. The molecule has 1 atom stereocenters. The summed E-state index contributed by atoms with van der Waals surface area (Å²) in [5.74, 6) is -2.76. The molecule has 2 heterocycles. The molecule has 1 saturated carbocycles. The molecule has 2 aromatic heterocycles. The van der Waals surface area contributed by atoms with Crippen LogP contribution in [0.3, 0.4) is 0 Å². The Hall–Kier alpha value is -3.23. The predicted molar refractivity (Wildman–Crippen MR) is 103 cm³/mol. The van der Waals surface area contributed by atoms with Gasteiger partial charge in [-0.05, 0) is 23.8 Å². The van der Waals surface area contributed by atoms with Gasteiger partial charge in [-0.1, -0.05) is 25.1 Å². The summed E-state index contributed by atoms with van der Waals surface area (Å²) in [4.78, 5) is 27.9. The van der Waals surface area contributed by atoms with Gasteiger partial charge in [-0.2, -0.15) is 0 Å². The number of carboxylic acid groups (broad SMARTS) is 1. The topological polar surface area (TPSA) is 89.2 Å². The molecule has 4 rings (SSSR count). The second-order valence-corrected chi connectivity index (χ2v) is 7.77. The Morgan fingerprint density at radius 3 is 2.69 bits per heavy atom. The highest BCUT2D eigenvalue weighted by atomic mass is 19.3. The zero-order chi connectivity index (χ0) is 21.0. The normalized spacial score (nSPS) is 20.0. The van der Waals surface area contributed by atoms with Crippen molar-refractivity contribution in [3.05, 3.63) is 52.4 Å². The van der Waals surface area contributed by atoms with Crippen LogP contribution in [-0.4, -0.2) is 31.2 Å². The molecular weight excluding hydrogens is 382 g/mol. The van der Waals surface area contributed by atoms with Crippen molar-refractivity contribution in [2.75, 3.05) is 0 Å². The fraction of sp³-hybridized carbons (Fsp3) is 0.350. The van der Waals surface area contributed by atoms with Crippen molar-refractivity contribution in [3.63, 3.8) is 0 Å². The molecule has 29 heavy (non-hydrogen) atoms. The molecule has 1 fully saturated rings. The number of rotatable bonds is 5. The van der Waals surface area contributed by atoms with E-state index in [0.717, 1.165) is 11.1 Å². The summed E-state index contributed by atoms with van der Waals surface area (Å²) >= 11 is 0. The van der Waals surface area contributed by atoms with Gasteiger partial charge in [0.1, 0.15) is 0 Å². The number of carbonyl (C=O) groups is 1. The number of pyridine rings is 1. The Kier molecular flexibility index (Phi) is 4.21. The van der Waals surface area contributed by atoms with Gasteiger partial charge in [-0.25, -0.2) is 23.4 Å². The molecule has 3 aromatic rings. The molecule has 9 heteroatoms. The Morgan fingerprint density at radius 1 is 1.31 bits per heavy atom. The standard InChI is InChI=1S/C20H20F2N4O3/c1-19(10-20(19,21)22)11-26-15-7-6-14(24-16(15)25(2)18(26)29)13-5-3-4-12(8-13)9-23-17(27)28/h3-8,23H,9-11H2,1-2H3,(H,27,28)/t19-/m0/s1. The van der Waals surface area contributed by atoms with E-state index in [1.807, 2.05) is 12.1 Å². The largest absolute Gasteiger partial charge is 0.465 e. The van der Waals surface area contributed by atoms with Crippen LogP contribution in [-0.2, 0) is 20.1 Å². The van der Waals surface area contributed by atoms with E-state index in [0.29, 0.717) is 16.9 Å². The van der Waals surface area contributed by atoms with Gasteiger partial charge in [0.2, 0.25) is 0 Å². The molecule has 0 radical (unpaired) electrons. The molecular formula is C20H20F2N4O3. The van der Waals surface area contributed by atoms with Crippen LogP contribution in [0.5, 0.6) is 0 Å². The molecule has 0 saturated heterocycles. The lowest BCUT2D eigenvalue weighted by Crippen LogP contribution is -2.27. The summed E-state index contributed by atoms with van der Waals surface area (Å²) in [6.45, 7) is 1.58. The van der Waals surface area contributed by atoms with Crippen LogP contribution in [0.1, 0.15) is 18.9 Å². The van der Waals surface area contributed by atoms with E-state index in [2.05, 4.69) is 10.3 Å². The zero-order valence-electron chi connectivity index (χ0n) is 15.9. The van der Waals surface area contributed by atoms with Crippen LogP contribution in [0.15, 0.2) is 41.2 Å². The highest BCUT2D eigenvalue weighted by Crippen LogP contribution is 2.61. The highest BCUT2D eigenvalue weighted by molar-refractivity contribution is 5.76. The SMILES string of the molecule is Cn1c(=O)n(C[C@]2(C)CC2(F)F)c2ccc(-c3cccc(CNC(=O)O)c3)nc21. The van der Waals surface area contributed by atoms with Crippen molar-refractivity contribution >= 4 is 17.3 Å². The van der Waals surface area contributed by atoms with E-state index >= 15 is 0 Å². The van der Waals surface area contributed by atoms with E-state index in [1.165, 1.54) is 16.1 Å². The molecule has 7 nitrogen and oxygen atoms in total. The van der Waals surface area contributed by atoms with Crippen LogP contribution >= 0.6 is 0 Å². The first-order chi connectivity index (χ1) is 13.6. The third kappa shape index (κ3) is 3.26. The minimum Gasteiger partial charge on any atom is -0.465 e. The van der Waals surface area contributed by atoms with E-state index in [-0.39, 0.29) is 25.2 Å². The van der Waals surface area contributed by atoms with Crippen LogP contribution in [0.4, 0.5) is 13.6 Å². The fourth-order valence-electron chi connectivity index (χ4n) is 3.57. The smallest absolute Gasteiger partial charge is 0.404 e. The summed E-state index contributed by atoms with van der Waals surface area (Å²) in [6.07, 6.45) is -1.34. The molecule has 0 bridgehead atoms. The maximum Gasteiger partial charge on any atom is 0.404 e. The molecule has 152 valence electrons. The van der Waals surface area contributed by atoms with Crippen molar-refractivity contribution in [3.8, 4) is 11.3 Å². The van der Waals surface area contributed by atoms with Crippen molar-refractivity contribution in [2.24, 2.45) is 12.5 Å². The lowest BCUT2D eigenvalue weighted by molar-refractivity contribution is 0.0637. The third-order valence-corrected chi connectivity index (χ3v) is 5.52.